The van der Waals surface area contributed by atoms with E-state index in [4.69, 9.17) is 22.2 Å². The molecule has 0 aliphatic heterocycles. The second-order valence-corrected chi connectivity index (χ2v) is 5.16. The third-order valence-corrected chi connectivity index (χ3v) is 2.91. The molecule has 0 atom stereocenters. The number of anilines is 2. The van der Waals surface area contributed by atoms with Gasteiger partial charge in [0.25, 0.3) is 0 Å². The Labute approximate surface area is 135 Å². The number of nitrogens with two attached hydrogens (primary N) is 1. The molecule has 3 N–H and O–H groups in total. The van der Waals surface area contributed by atoms with Crippen LogP contribution in [0.2, 0.25) is 5.02 Å². The Morgan fingerprint density at radius 3 is 2.78 bits per heavy atom. The van der Waals surface area contributed by atoms with Gasteiger partial charge in [0.05, 0.1) is 10.9 Å². The maximum absolute atomic E-state index is 13.2. The van der Waals surface area contributed by atoms with E-state index < -0.39 is 11.8 Å². The van der Waals surface area contributed by atoms with E-state index in [2.05, 4.69) is 25.4 Å². The van der Waals surface area contributed by atoms with E-state index >= 15 is 0 Å². The largest absolute Gasteiger partial charge is 0.379 e. The van der Waals surface area contributed by atoms with Gasteiger partial charge < -0.3 is 15.9 Å². The van der Waals surface area contributed by atoms with Crippen LogP contribution < -0.4 is 11.1 Å². The number of benzene rings is 1. The zero-order valence-corrected chi connectivity index (χ0v) is 13.0. The number of rotatable bonds is 4. The number of nitrogens with zero attached hydrogens (tertiary/aromatic N) is 3. The number of amidine groups is 1. The fourth-order valence-corrected chi connectivity index (χ4v) is 1.57. The molecule has 2 aromatic rings. The first-order valence-electron chi connectivity index (χ1n) is 6.47. The average molecular weight is 342 g/mol. The van der Waals surface area contributed by atoms with E-state index in [0.29, 0.717) is 5.69 Å². The van der Waals surface area contributed by atoms with Crippen LogP contribution in [0.15, 0.2) is 28.0 Å². The number of hydrogen-bond donors (Lipinski definition) is 2. The van der Waals surface area contributed by atoms with Gasteiger partial charge in [-0.05, 0) is 28.5 Å². The lowest BCUT2D eigenvalue weighted by Gasteiger charge is -2.08. The molecule has 0 amide bonds. The molecule has 0 aliphatic carbocycles. The van der Waals surface area contributed by atoms with E-state index in [1.807, 2.05) is 0 Å². The van der Waals surface area contributed by atoms with Crippen molar-refractivity contribution < 1.29 is 18.7 Å². The van der Waals surface area contributed by atoms with Crippen LogP contribution in [0, 0.1) is 11.7 Å². The zero-order valence-electron chi connectivity index (χ0n) is 12.2. The van der Waals surface area contributed by atoms with Crippen LogP contribution >= 0.6 is 11.6 Å². The van der Waals surface area contributed by atoms with Crippen molar-refractivity contribution in [1.82, 2.24) is 10.3 Å². The van der Waals surface area contributed by atoms with Crippen molar-refractivity contribution in [2.24, 2.45) is 11.1 Å². The standard InChI is InChI=1S/C13H13ClFN5O3/c1-6(2)13(21)22-20-12(10-11(16)19-23-18-10)17-7-3-4-9(15)8(14)5-7/h3-6H,1-2H3,(H2,16,19)(H,17,20). The third kappa shape index (κ3) is 4.16. The molecular formula is C13H13ClFN5O3. The predicted octanol–water partition coefficient (Wildman–Crippen LogP) is 2.42. The van der Waals surface area contributed by atoms with Crippen LogP contribution in [0.5, 0.6) is 0 Å². The van der Waals surface area contributed by atoms with Gasteiger partial charge in [0, 0.05) is 5.69 Å². The van der Waals surface area contributed by atoms with Gasteiger partial charge in [-0.25, -0.2) is 13.8 Å². The molecule has 8 nitrogen and oxygen atoms in total. The van der Waals surface area contributed by atoms with E-state index in [-0.39, 0.29) is 28.3 Å². The highest BCUT2D eigenvalue weighted by Gasteiger charge is 2.17. The molecule has 0 radical (unpaired) electrons. The minimum Gasteiger partial charge on any atom is -0.379 e. The van der Waals surface area contributed by atoms with Gasteiger partial charge in [0.15, 0.2) is 11.5 Å². The smallest absolute Gasteiger partial charge is 0.337 e. The van der Waals surface area contributed by atoms with Crippen molar-refractivity contribution in [1.29, 1.82) is 0 Å². The van der Waals surface area contributed by atoms with E-state index in [9.17, 15) is 9.18 Å². The van der Waals surface area contributed by atoms with E-state index in [0.717, 1.165) is 6.07 Å². The normalized spacial score (nSPS) is 11.6. The summed E-state index contributed by atoms with van der Waals surface area (Å²) < 4.78 is 17.7. The number of nitrogens with one attached hydrogen (secondary N) is 1. The molecule has 0 unspecified atom stereocenters. The fraction of sp³-hybridized carbons (Fsp3) is 0.231. The Kier molecular flexibility index (Phi) is 5.12. The van der Waals surface area contributed by atoms with Crippen molar-refractivity contribution in [2.75, 3.05) is 11.1 Å². The first-order chi connectivity index (χ1) is 10.9. The summed E-state index contributed by atoms with van der Waals surface area (Å²) in [4.78, 5) is 16.3. The maximum Gasteiger partial charge on any atom is 0.337 e. The second-order valence-electron chi connectivity index (χ2n) is 4.76. The van der Waals surface area contributed by atoms with Gasteiger partial charge in [-0.1, -0.05) is 30.6 Å². The summed E-state index contributed by atoms with van der Waals surface area (Å²) in [5, 5.41) is 13.3. The lowest BCUT2D eigenvalue weighted by molar-refractivity contribution is -0.147. The van der Waals surface area contributed by atoms with Crippen molar-refractivity contribution in [2.45, 2.75) is 13.8 Å². The van der Waals surface area contributed by atoms with Crippen molar-refractivity contribution in [3.63, 3.8) is 0 Å². The van der Waals surface area contributed by atoms with Gasteiger partial charge in [0.1, 0.15) is 5.82 Å². The molecule has 23 heavy (non-hydrogen) atoms. The molecule has 0 aliphatic rings. The highest BCUT2D eigenvalue weighted by molar-refractivity contribution is 6.31. The Balaban J connectivity index is 2.30. The zero-order chi connectivity index (χ0) is 17.0. The predicted molar refractivity (Wildman–Crippen MR) is 81.2 cm³/mol. The minimum absolute atomic E-state index is 0.0296. The number of carbonyl (C=O) groups excluding carboxylic acids is 1. The number of aromatic nitrogens is 2. The van der Waals surface area contributed by atoms with Crippen molar-refractivity contribution in [3.8, 4) is 0 Å². The summed E-state index contributed by atoms with van der Waals surface area (Å²) in [5.74, 6) is -1.63. The molecular weight excluding hydrogens is 329 g/mol. The molecule has 0 saturated carbocycles. The molecule has 122 valence electrons. The second kappa shape index (κ2) is 7.05. The lowest BCUT2D eigenvalue weighted by atomic mass is 10.2. The summed E-state index contributed by atoms with van der Waals surface area (Å²) in [7, 11) is 0. The monoisotopic (exact) mass is 341 g/mol. The van der Waals surface area contributed by atoms with Crippen LogP contribution in [0.3, 0.4) is 0 Å². The molecule has 0 bridgehead atoms. The Bertz CT molecular complexity index is 747. The highest BCUT2D eigenvalue weighted by Crippen LogP contribution is 2.20. The van der Waals surface area contributed by atoms with E-state index in [1.165, 1.54) is 12.1 Å². The summed E-state index contributed by atoms with van der Waals surface area (Å²) in [6.07, 6.45) is 0. The summed E-state index contributed by atoms with van der Waals surface area (Å²) in [6, 6.07) is 3.89. The Hall–Kier alpha value is -2.68. The molecule has 1 aromatic carbocycles. The summed E-state index contributed by atoms with van der Waals surface area (Å²) in [5.41, 5.74) is 6.00. The van der Waals surface area contributed by atoms with Crippen LogP contribution in [0.1, 0.15) is 19.5 Å². The van der Waals surface area contributed by atoms with E-state index in [1.54, 1.807) is 13.8 Å². The average Bonchev–Trinajstić information content (AvgIpc) is 2.92. The maximum atomic E-state index is 13.2. The molecule has 0 fully saturated rings. The lowest BCUT2D eigenvalue weighted by Crippen LogP contribution is -2.18. The molecule has 0 saturated heterocycles. The van der Waals surface area contributed by atoms with Gasteiger partial charge in [-0.15, -0.1) is 0 Å². The first kappa shape index (κ1) is 16.7. The number of hydrogen-bond acceptors (Lipinski definition) is 7. The van der Waals surface area contributed by atoms with Crippen molar-refractivity contribution >= 4 is 34.9 Å². The summed E-state index contributed by atoms with van der Waals surface area (Å²) in [6.45, 7) is 3.30. The fourth-order valence-electron chi connectivity index (χ4n) is 1.39. The molecule has 2 rings (SSSR count). The topological polar surface area (TPSA) is 116 Å². The highest BCUT2D eigenvalue weighted by atomic mass is 35.5. The quantitative estimate of drug-likeness (QED) is 0.379. The summed E-state index contributed by atoms with van der Waals surface area (Å²) >= 11 is 5.71. The van der Waals surface area contributed by atoms with Gasteiger partial charge in [-0.2, -0.15) is 0 Å². The molecule has 1 aromatic heterocycles. The van der Waals surface area contributed by atoms with Crippen LogP contribution in [0.4, 0.5) is 15.9 Å². The van der Waals surface area contributed by atoms with Crippen LogP contribution in [-0.2, 0) is 9.63 Å². The van der Waals surface area contributed by atoms with Gasteiger partial charge in [0.2, 0.25) is 5.84 Å². The Morgan fingerprint density at radius 1 is 1.48 bits per heavy atom. The minimum atomic E-state index is -0.579. The Morgan fingerprint density at radius 2 is 2.22 bits per heavy atom. The van der Waals surface area contributed by atoms with Crippen LogP contribution in [-0.4, -0.2) is 22.1 Å². The van der Waals surface area contributed by atoms with Gasteiger partial charge >= 0.3 is 5.97 Å². The molecule has 1 heterocycles. The number of halogens is 2. The van der Waals surface area contributed by atoms with Gasteiger partial charge in [-0.3, -0.25) is 0 Å². The first-order valence-corrected chi connectivity index (χ1v) is 6.85. The number of carbonyl (C=O) groups is 1. The SMILES string of the molecule is CC(C)C(=O)O/N=C(/Nc1ccc(F)c(Cl)c1)c1nonc1N. The number of nitrogen functional groups attached to an aromatic ring is 1. The van der Waals surface area contributed by atoms with Crippen molar-refractivity contribution in [3.05, 3.63) is 34.7 Å². The number of oxime groups is 1. The molecule has 10 heteroatoms. The third-order valence-electron chi connectivity index (χ3n) is 2.62. The van der Waals surface area contributed by atoms with Crippen LogP contribution in [0.25, 0.3) is 0 Å². The molecule has 0 spiro atoms.